The van der Waals surface area contributed by atoms with E-state index in [1.54, 1.807) is 6.08 Å². The van der Waals surface area contributed by atoms with Gasteiger partial charge in [-0.1, -0.05) is 26.8 Å². The number of fused-ring (bicyclic) bond motifs is 1. The SMILES string of the molecule is C=CC[C@H](NC(=O)[C@@H]1CC1(F)F)[C@H](O)CN[C@H]1CC2(CCC2)Oc2ncc(CC(C)(C)C)cc21. The summed E-state index contributed by atoms with van der Waals surface area (Å²) in [6.45, 7) is 10.4. The average Bonchev–Trinajstić information content (AvgIpc) is 3.37. The molecule has 2 heterocycles. The fourth-order valence-corrected chi connectivity index (χ4v) is 5.02. The molecule has 4 atom stereocenters. The molecular formula is C26H37F2N3O3. The molecule has 0 radical (unpaired) electrons. The van der Waals surface area contributed by atoms with E-state index in [0.29, 0.717) is 12.3 Å². The van der Waals surface area contributed by atoms with Crippen LogP contribution in [0.25, 0.3) is 0 Å². The summed E-state index contributed by atoms with van der Waals surface area (Å²) in [5.41, 5.74) is 2.01. The van der Waals surface area contributed by atoms with Crippen LogP contribution in [0.5, 0.6) is 5.88 Å². The standard InChI is InChI=1S/C26H37F2N3O3/c1-5-7-19(31-22(33)18-12-26(18,27)28)21(32)15-29-20-13-25(8-6-9-25)34-23-17(20)10-16(14-30-23)11-24(2,3)4/h5,10,14,18-21,29,32H,1,6-9,11-13,15H2,2-4H3,(H,31,33)/t18-,19-,20-,21+/m0/s1. The van der Waals surface area contributed by atoms with E-state index in [9.17, 15) is 18.7 Å². The van der Waals surface area contributed by atoms with Crippen molar-refractivity contribution in [2.24, 2.45) is 11.3 Å². The fourth-order valence-electron chi connectivity index (χ4n) is 5.02. The molecule has 1 amide bonds. The zero-order valence-corrected chi connectivity index (χ0v) is 20.4. The maximum atomic E-state index is 13.3. The minimum Gasteiger partial charge on any atom is -0.471 e. The zero-order valence-electron chi connectivity index (χ0n) is 20.4. The number of aliphatic hydroxyl groups excluding tert-OH is 1. The van der Waals surface area contributed by atoms with Crippen molar-refractivity contribution in [3.05, 3.63) is 36.0 Å². The van der Waals surface area contributed by atoms with E-state index in [0.717, 1.165) is 43.2 Å². The highest BCUT2D eigenvalue weighted by Gasteiger charge is 2.61. The molecule has 6 nitrogen and oxygen atoms in total. The molecule has 1 aliphatic heterocycles. The molecule has 2 saturated carbocycles. The molecule has 1 aromatic rings. The van der Waals surface area contributed by atoms with E-state index in [4.69, 9.17) is 4.74 Å². The second kappa shape index (κ2) is 9.19. The van der Waals surface area contributed by atoms with Crippen LogP contribution >= 0.6 is 0 Å². The third kappa shape index (κ3) is 5.60. The van der Waals surface area contributed by atoms with E-state index < -0.39 is 36.3 Å². The predicted molar refractivity (Wildman–Crippen MR) is 126 cm³/mol. The second-order valence-electron chi connectivity index (χ2n) is 11.5. The molecule has 1 spiro atoms. The lowest BCUT2D eigenvalue weighted by atomic mass is 9.73. The molecule has 4 rings (SSSR count). The molecule has 8 heteroatoms. The monoisotopic (exact) mass is 477 g/mol. The van der Waals surface area contributed by atoms with Crippen molar-refractivity contribution in [2.75, 3.05) is 6.54 Å². The summed E-state index contributed by atoms with van der Waals surface area (Å²) in [7, 11) is 0. The molecule has 2 aliphatic carbocycles. The van der Waals surface area contributed by atoms with Crippen LogP contribution in [-0.2, 0) is 11.2 Å². The van der Waals surface area contributed by atoms with Gasteiger partial charge >= 0.3 is 0 Å². The van der Waals surface area contributed by atoms with Crippen LogP contribution in [0.1, 0.15) is 76.5 Å². The van der Waals surface area contributed by atoms with E-state index >= 15 is 0 Å². The number of aromatic nitrogens is 1. The van der Waals surface area contributed by atoms with Crippen molar-refractivity contribution >= 4 is 5.91 Å². The van der Waals surface area contributed by atoms with Crippen LogP contribution in [-0.4, -0.2) is 46.2 Å². The lowest BCUT2D eigenvalue weighted by Gasteiger charge is -2.47. The fraction of sp³-hybridized carbons (Fsp3) is 0.692. The number of nitrogens with zero attached hydrogens (tertiary/aromatic N) is 1. The smallest absolute Gasteiger partial charge is 0.260 e. The van der Waals surface area contributed by atoms with Gasteiger partial charge in [0.1, 0.15) is 11.5 Å². The van der Waals surface area contributed by atoms with Crippen molar-refractivity contribution in [3.8, 4) is 5.88 Å². The Morgan fingerprint density at radius 1 is 1.38 bits per heavy atom. The van der Waals surface area contributed by atoms with E-state index in [-0.39, 0.29) is 23.6 Å². The lowest BCUT2D eigenvalue weighted by Crippen LogP contribution is -2.52. The molecule has 0 bridgehead atoms. The Balaban J connectivity index is 1.45. The van der Waals surface area contributed by atoms with Crippen LogP contribution in [0, 0.1) is 11.3 Å². The quantitative estimate of drug-likeness (QED) is 0.467. The first-order chi connectivity index (χ1) is 15.9. The maximum Gasteiger partial charge on any atom is 0.260 e. The highest BCUT2D eigenvalue weighted by atomic mass is 19.3. The van der Waals surface area contributed by atoms with Crippen LogP contribution in [0.4, 0.5) is 8.78 Å². The molecule has 3 N–H and O–H groups in total. The van der Waals surface area contributed by atoms with Crippen molar-refractivity contribution in [1.29, 1.82) is 0 Å². The van der Waals surface area contributed by atoms with Crippen molar-refractivity contribution in [2.45, 2.75) is 95.4 Å². The summed E-state index contributed by atoms with van der Waals surface area (Å²) in [6, 6.07) is 1.40. The molecular weight excluding hydrogens is 440 g/mol. The van der Waals surface area contributed by atoms with Crippen molar-refractivity contribution in [3.63, 3.8) is 0 Å². The Labute approximate surface area is 200 Å². The minimum absolute atomic E-state index is 0.0565. The van der Waals surface area contributed by atoms with Crippen LogP contribution in [0.3, 0.4) is 0 Å². The molecule has 0 aromatic carbocycles. The summed E-state index contributed by atoms with van der Waals surface area (Å²) in [5, 5.41) is 16.9. The van der Waals surface area contributed by atoms with E-state index in [1.807, 2.05) is 6.20 Å². The topological polar surface area (TPSA) is 83.5 Å². The summed E-state index contributed by atoms with van der Waals surface area (Å²) in [6.07, 6.45) is 7.10. The summed E-state index contributed by atoms with van der Waals surface area (Å²) in [4.78, 5) is 16.8. The van der Waals surface area contributed by atoms with Gasteiger partial charge in [-0.15, -0.1) is 6.58 Å². The van der Waals surface area contributed by atoms with Gasteiger partial charge in [0, 0.05) is 37.2 Å². The van der Waals surface area contributed by atoms with Gasteiger partial charge < -0.3 is 20.5 Å². The summed E-state index contributed by atoms with van der Waals surface area (Å²) >= 11 is 0. The molecule has 188 valence electrons. The number of hydrogen-bond donors (Lipinski definition) is 3. The largest absolute Gasteiger partial charge is 0.471 e. The Morgan fingerprint density at radius 2 is 2.09 bits per heavy atom. The molecule has 1 aromatic heterocycles. The Morgan fingerprint density at radius 3 is 2.65 bits per heavy atom. The first kappa shape index (κ1) is 25.0. The number of aliphatic hydroxyl groups is 1. The second-order valence-corrected chi connectivity index (χ2v) is 11.5. The lowest BCUT2D eigenvalue weighted by molar-refractivity contribution is -0.126. The van der Waals surface area contributed by atoms with Gasteiger partial charge in [-0.25, -0.2) is 13.8 Å². The molecule has 0 unspecified atom stereocenters. The number of pyridine rings is 1. The first-order valence-electron chi connectivity index (χ1n) is 12.3. The number of hydrogen-bond acceptors (Lipinski definition) is 5. The van der Waals surface area contributed by atoms with Crippen LogP contribution in [0.2, 0.25) is 0 Å². The normalized spacial score (nSPS) is 25.9. The zero-order chi connectivity index (χ0) is 24.7. The Hall–Kier alpha value is -2.06. The van der Waals surface area contributed by atoms with E-state index in [1.165, 1.54) is 0 Å². The van der Waals surface area contributed by atoms with Crippen molar-refractivity contribution in [1.82, 2.24) is 15.6 Å². The Bertz CT molecular complexity index is 926. The third-order valence-corrected chi connectivity index (χ3v) is 7.13. The highest BCUT2D eigenvalue weighted by Crippen LogP contribution is 2.49. The van der Waals surface area contributed by atoms with Gasteiger partial charge in [0.05, 0.1) is 12.1 Å². The van der Waals surface area contributed by atoms with Gasteiger partial charge in [-0.2, -0.15) is 0 Å². The minimum atomic E-state index is -2.94. The van der Waals surface area contributed by atoms with Crippen LogP contribution in [0.15, 0.2) is 24.9 Å². The average molecular weight is 478 g/mol. The number of amides is 1. The highest BCUT2D eigenvalue weighted by molar-refractivity contribution is 5.83. The maximum absolute atomic E-state index is 13.3. The number of rotatable bonds is 9. The van der Waals surface area contributed by atoms with Gasteiger partial charge in [0.25, 0.3) is 5.92 Å². The number of nitrogens with one attached hydrogen (secondary N) is 2. The van der Waals surface area contributed by atoms with Gasteiger partial charge in [-0.3, -0.25) is 4.79 Å². The predicted octanol–water partition coefficient (Wildman–Crippen LogP) is 4.08. The summed E-state index contributed by atoms with van der Waals surface area (Å²) < 4.78 is 32.9. The summed E-state index contributed by atoms with van der Waals surface area (Å²) in [5.74, 6) is -4.31. The number of halogens is 2. The molecule has 0 saturated heterocycles. The van der Waals surface area contributed by atoms with E-state index in [2.05, 4.69) is 49.0 Å². The molecule has 2 fully saturated rings. The number of carbonyl (C=O) groups is 1. The van der Waals surface area contributed by atoms with Gasteiger partial charge in [0.2, 0.25) is 11.8 Å². The number of carbonyl (C=O) groups excluding carboxylic acids is 1. The number of alkyl halides is 2. The van der Waals surface area contributed by atoms with Gasteiger partial charge in [-0.05, 0) is 49.1 Å². The van der Waals surface area contributed by atoms with Gasteiger partial charge in [0.15, 0.2) is 0 Å². The van der Waals surface area contributed by atoms with Crippen LogP contribution < -0.4 is 15.4 Å². The molecule has 3 aliphatic rings. The van der Waals surface area contributed by atoms with Crippen molar-refractivity contribution < 1.29 is 23.4 Å². The first-order valence-corrected chi connectivity index (χ1v) is 12.3. The number of ether oxygens (including phenoxy) is 1. The Kier molecular flexibility index (Phi) is 6.77. The molecule has 34 heavy (non-hydrogen) atoms. The third-order valence-electron chi connectivity index (χ3n) is 7.13.